The summed E-state index contributed by atoms with van der Waals surface area (Å²) in [5.41, 5.74) is 2.27. The van der Waals surface area contributed by atoms with Crippen molar-refractivity contribution in [1.82, 2.24) is 4.98 Å². The lowest BCUT2D eigenvalue weighted by molar-refractivity contribution is 0.517. The molecule has 0 amide bonds. The Kier molecular flexibility index (Phi) is 2.62. The molecule has 2 unspecified atom stereocenters. The zero-order chi connectivity index (χ0) is 13.7. The van der Waals surface area contributed by atoms with E-state index in [1.807, 2.05) is 14.0 Å². The molecule has 0 N–H and O–H groups in total. The highest BCUT2D eigenvalue weighted by Gasteiger charge is 2.27. The molecule has 2 aromatic heterocycles. The molecule has 0 fully saturated rings. The van der Waals surface area contributed by atoms with Crippen molar-refractivity contribution in [2.24, 2.45) is 0 Å². The van der Waals surface area contributed by atoms with Crippen LogP contribution in [0.5, 0.6) is 0 Å². The van der Waals surface area contributed by atoms with Crippen LogP contribution in [0.1, 0.15) is 37.3 Å². The van der Waals surface area contributed by atoms with Gasteiger partial charge in [-0.15, -0.1) is 0 Å². The van der Waals surface area contributed by atoms with Gasteiger partial charge in [-0.3, -0.25) is 0 Å². The number of hydrogen-bond donors (Lipinski definition) is 0. The number of aromatic nitrogens is 1. The molecule has 0 saturated heterocycles. The fourth-order valence-corrected chi connectivity index (χ4v) is 2.89. The maximum absolute atomic E-state index is 11.5. The molecule has 1 aliphatic rings. The molecule has 0 aliphatic carbocycles. The summed E-state index contributed by atoms with van der Waals surface area (Å²) in [6, 6.07) is 4.10. The summed E-state index contributed by atoms with van der Waals surface area (Å²) >= 11 is 0. The standard InChI is InChI=1S/C15H18N2O2/c1-8-5-10(3)17(4)14-11(8)7-12-9(2)6-13(18)19-15(12)16-14/h6-8,10H,5H2,1-4H3. The summed E-state index contributed by atoms with van der Waals surface area (Å²) < 4.78 is 5.23. The van der Waals surface area contributed by atoms with E-state index >= 15 is 0 Å². The molecule has 100 valence electrons. The van der Waals surface area contributed by atoms with Crippen molar-refractivity contribution in [2.45, 2.75) is 39.2 Å². The molecule has 0 aromatic carbocycles. The second kappa shape index (κ2) is 4.08. The molecule has 4 heteroatoms. The number of fused-ring (bicyclic) bond motifs is 2. The first kappa shape index (κ1) is 12.2. The van der Waals surface area contributed by atoms with Gasteiger partial charge in [-0.25, -0.2) is 4.79 Å². The van der Waals surface area contributed by atoms with E-state index in [1.165, 1.54) is 11.6 Å². The average molecular weight is 258 g/mol. The Morgan fingerprint density at radius 3 is 2.84 bits per heavy atom. The van der Waals surface area contributed by atoms with E-state index in [0.717, 1.165) is 23.2 Å². The lowest BCUT2D eigenvalue weighted by atomic mass is 9.89. The van der Waals surface area contributed by atoms with E-state index in [9.17, 15) is 4.79 Å². The van der Waals surface area contributed by atoms with Crippen LogP contribution >= 0.6 is 0 Å². The minimum Gasteiger partial charge on any atom is -0.404 e. The summed E-state index contributed by atoms with van der Waals surface area (Å²) in [4.78, 5) is 18.2. The number of nitrogens with zero attached hydrogens (tertiary/aromatic N) is 2. The molecular formula is C15H18N2O2. The van der Waals surface area contributed by atoms with Crippen molar-refractivity contribution in [3.8, 4) is 0 Å². The lowest BCUT2D eigenvalue weighted by Crippen LogP contribution is -2.35. The Hall–Kier alpha value is -1.84. The molecule has 3 rings (SSSR count). The zero-order valence-corrected chi connectivity index (χ0v) is 11.7. The maximum atomic E-state index is 11.5. The van der Waals surface area contributed by atoms with Crippen LogP contribution in [0.4, 0.5) is 5.82 Å². The lowest BCUT2D eigenvalue weighted by Gasteiger charge is -2.36. The van der Waals surface area contributed by atoms with Gasteiger partial charge in [0.15, 0.2) is 0 Å². The van der Waals surface area contributed by atoms with Gasteiger partial charge in [0.05, 0.1) is 0 Å². The Balaban J connectivity index is 2.33. The summed E-state index contributed by atoms with van der Waals surface area (Å²) in [5, 5.41) is 0.938. The van der Waals surface area contributed by atoms with Gasteiger partial charge in [-0.1, -0.05) is 6.92 Å². The second-order valence-electron chi connectivity index (χ2n) is 5.60. The van der Waals surface area contributed by atoms with Crippen molar-refractivity contribution in [2.75, 3.05) is 11.9 Å². The first-order valence-corrected chi connectivity index (χ1v) is 6.65. The molecular weight excluding hydrogens is 240 g/mol. The summed E-state index contributed by atoms with van der Waals surface area (Å²) in [6.45, 7) is 6.34. The van der Waals surface area contributed by atoms with Crippen molar-refractivity contribution < 1.29 is 4.42 Å². The van der Waals surface area contributed by atoms with E-state index in [-0.39, 0.29) is 5.63 Å². The number of pyridine rings is 1. The fourth-order valence-electron chi connectivity index (χ4n) is 2.89. The normalized spacial score (nSPS) is 22.6. The predicted octanol–water partition coefficient (Wildman–Crippen LogP) is 2.83. The van der Waals surface area contributed by atoms with Gasteiger partial charge in [-0.2, -0.15) is 4.98 Å². The SMILES string of the molecule is Cc1cc(=O)oc2nc3c(cc12)C(C)CC(C)N3C. The second-order valence-corrected chi connectivity index (χ2v) is 5.60. The predicted molar refractivity (Wildman–Crippen MR) is 75.9 cm³/mol. The summed E-state index contributed by atoms with van der Waals surface area (Å²) in [5.74, 6) is 1.41. The number of aryl methyl sites for hydroxylation is 1. The van der Waals surface area contributed by atoms with E-state index in [4.69, 9.17) is 4.42 Å². The van der Waals surface area contributed by atoms with Crippen LogP contribution in [0.25, 0.3) is 11.1 Å². The van der Waals surface area contributed by atoms with E-state index in [0.29, 0.717) is 17.7 Å². The third-order valence-electron chi connectivity index (χ3n) is 4.17. The Bertz CT molecular complexity index is 705. The molecule has 4 nitrogen and oxygen atoms in total. The molecule has 1 aliphatic heterocycles. The highest BCUT2D eigenvalue weighted by molar-refractivity contribution is 5.80. The highest BCUT2D eigenvalue weighted by atomic mass is 16.4. The van der Waals surface area contributed by atoms with E-state index < -0.39 is 0 Å². The van der Waals surface area contributed by atoms with Gasteiger partial charge in [0.2, 0.25) is 5.71 Å². The van der Waals surface area contributed by atoms with Crippen LogP contribution in [0.3, 0.4) is 0 Å². The number of rotatable bonds is 0. The van der Waals surface area contributed by atoms with Crippen molar-refractivity contribution in [1.29, 1.82) is 0 Å². The molecule has 0 spiro atoms. The van der Waals surface area contributed by atoms with Crippen LogP contribution in [0, 0.1) is 6.92 Å². The zero-order valence-electron chi connectivity index (χ0n) is 11.7. The minimum atomic E-state index is -0.336. The quantitative estimate of drug-likeness (QED) is 0.729. The molecule has 0 radical (unpaired) electrons. The Morgan fingerprint density at radius 1 is 1.37 bits per heavy atom. The van der Waals surface area contributed by atoms with Gasteiger partial charge in [-0.05, 0) is 43.4 Å². The van der Waals surface area contributed by atoms with Crippen molar-refractivity contribution in [3.05, 3.63) is 33.7 Å². The first-order chi connectivity index (χ1) is 8.97. The van der Waals surface area contributed by atoms with Crippen LogP contribution in [0.2, 0.25) is 0 Å². The largest absolute Gasteiger partial charge is 0.404 e. The Morgan fingerprint density at radius 2 is 2.11 bits per heavy atom. The fraction of sp³-hybridized carbons (Fsp3) is 0.467. The first-order valence-electron chi connectivity index (χ1n) is 6.65. The molecule has 19 heavy (non-hydrogen) atoms. The summed E-state index contributed by atoms with van der Waals surface area (Å²) in [6.07, 6.45) is 1.12. The van der Waals surface area contributed by atoms with Crippen LogP contribution in [-0.2, 0) is 0 Å². The number of hydrogen-bond acceptors (Lipinski definition) is 4. The molecule has 2 atom stereocenters. The van der Waals surface area contributed by atoms with Gasteiger partial charge in [0, 0.05) is 24.5 Å². The van der Waals surface area contributed by atoms with E-state index in [1.54, 1.807) is 0 Å². The summed E-state index contributed by atoms with van der Waals surface area (Å²) in [7, 11) is 2.04. The Labute approximate surface area is 112 Å². The molecule has 0 bridgehead atoms. The van der Waals surface area contributed by atoms with E-state index in [2.05, 4.69) is 29.8 Å². The van der Waals surface area contributed by atoms with Gasteiger partial charge in [0.25, 0.3) is 0 Å². The van der Waals surface area contributed by atoms with Crippen LogP contribution in [-0.4, -0.2) is 18.1 Å². The third kappa shape index (κ3) is 1.82. The molecule has 3 heterocycles. The highest BCUT2D eigenvalue weighted by Crippen LogP contribution is 2.37. The van der Waals surface area contributed by atoms with Crippen LogP contribution < -0.4 is 10.5 Å². The number of anilines is 1. The third-order valence-corrected chi connectivity index (χ3v) is 4.17. The van der Waals surface area contributed by atoms with Gasteiger partial charge < -0.3 is 9.32 Å². The smallest absolute Gasteiger partial charge is 0.337 e. The van der Waals surface area contributed by atoms with Gasteiger partial charge in [0.1, 0.15) is 5.82 Å². The maximum Gasteiger partial charge on any atom is 0.337 e. The van der Waals surface area contributed by atoms with Crippen LogP contribution in [0.15, 0.2) is 21.3 Å². The topological polar surface area (TPSA) is 46.3 Å². The van der Waals surface area contributed by atoms with Crippen molar-refractivity contribution in [3.63, 3.8) is 0 Å². The minimum absolute atomic E-state index is 0.336. The molecule has 0 saturated carbocycles. The molecule has 2 aromatic rings. The van der Waals surface area contributed by atoms with Crippen molar-refractivity contribution >= 4 is 16.9 Å². The average Bonchev–Trinajstić information content (AvgIpc) is 2.34. The monoisotopic (exact) mass is 258 g/mol. The van der Waals surface area contributed by atoms with Gasteiger partial charge >= 0.3 is 5.63 Å².